The zero-order chi connectivity index (χ0) is 49.9. The Bertz CT molecular complexity index is 1380. The molecule has 9 nitrogen and oxygen atoms in total. The van der Waals surface area contributed by atoms with Crippen molar-refractivity contribution in [1.82, 2.24) is 0 Å². The summed E-state index contributed by atoms with van der Waals surface area (Å²) in [6.07, 6.45) is 63.9. The summed E-state index contributed by atoms with van der Waals surface area (Å²) in [7, 11) is 1.47. The predicted molar refractivity (Wildman–Crippen MR) is 289 cm³/mol. The number of phosphoric acid groups is 1. The van der Waals surface area contributed by atoms with Crippen LogP contribution in [0, 0.1) is 0 Å². The van der Waals surface area contributed by atoms with Crippen LogP contribution in [0.3, 0.4) is 0 Å². The minimum Gasteiger partial charge on any atom is -0.462 e. The molecule has 0 rings (SSSR count). The second kappa shape index (κ2) is 49.4. The molecule has 0 aromatic heterocycles. The summed E-state index contributed by atoms with van der Waals surface area (Å²) < 4.78 is 34.5. The van der Waals surface area contributed by atoms with Crippen LogP contribution in [0.25, 0.3) is 0 Å². The molecular weight excluding hydrogens is 870 g/mol. The van der Waals surface area contributed by atoms with E-state index >= 15 is 0 Å². The molecule has 2 atom stereocenters. The van der Waals surface area contributed by atoms with Gasteiger partial charge in [0.15, 0.2) is 6.10 Å². The SMILES string of the molecule is CC/C=C\C/C=C\C/C=C\C/C=C\CCCCCCCCCCCCCCCCC(=O)OC(COC(=O)CCCCCCCCC/C=C\C/C=C\CCCCC)COP(=O)(O)OCC[N+](C)(C)C. The van der Waals surface area contributed by atoms with Crippen LogP contribution in [-0.4, -0.2) is 74.9 Å². The van der Waals surface area contributed by atoms with Crippen molar-refractivity contribution in [1.29, 1.82) is 0 Å². The predicted octanol–water partition coefficient (Wildman–Crippen LogP) is 16.9. The fourth-order valence-electron chi connectivity index (χ4n) is 7.45. The van der Waals surface area contributed by atoms with Gasteiger partial charge < -0.3 is 18.9 Å². The average Bonchev–Trinajstić information content (AvgIpc) is 3.30. The maximum absolute atomic E-state index is 12.8. The maximum atomic E-state index is 12.8. The van der Waals surface area contributed by atoms with Crippen LogP contribution in [0.5, 0.6) is 0 Å². The lowest BCUT2D eigenvalue weighted by Crippen LogP contribution is -2.37. The Morgan fingerprint density at radius 3 is 1.25 bits per heavy atom. The van der Waals surface area contributed by atoms with Crippen molar-refractivity contribution < 1.29 is 42.1 Å². The standard InChI is InChI=1S/C58H104NO8P/c1-6-8-10-12-14-16-18-20-22-24-25-26-27-28-29-30-31-32-33-35-37-39-41-43-45-47-49-51-58(61)67-56(55-66-68(62,63)65-53-52-59(3,4)5)54-64-57(60)50-48-46-44-42-40-38-36-34-23-21-19-17-15-13-11-9-7-2/h8,10,14-17,20-23,25-26,56H,6-7,9,11-13,18-19,24,27-55H2,1-5H3/p+1/b10-8-,16-14-,17-15-,22-20-,23-21-,26-25-. The average molecular weight is 975 g/mol. The van der Waals surface area contributed by atoms with Crippen LogP contribution in [0.4, 0.5) is 0 Å². The molecule has 0 aliphatic rings. The summed E-state index contributed by atoms with van der Waals surface area (Å²) in [4.78, 5) is 35.6. The molecule has 0 saturated heterocycles. The fourth-order valence-corrected chi connectivity index (χ4v) is 8.19. The summed E-state index contributed by atoms with van der Waals surface area (Å²) >= 11 is 0. The zero-order valence-corrected chi connectivity index (χ0v) is 45.5. The van der Waals surface area contributed by atoms with E-state index in [0.29, 0.717) is 17.4 Å². The summed E-state index contributed by atoms with van der Waals surface area (Å²) in [5, 5.41) is 0. The van der Waals surface area contributed by atoms with E-state index in [1.54, 1.807) is 0 Å². The summed E-state index contributed by atoms with van der Waals surface area (Å²) in [6.45, 7) is 4.29. The number of phosphoric ester groups is 1. The van der Waals surface area contributed by atoms with E-state index in [9.17, 15) is 19.0 Å². The van der Waals surface area contributed by atoms with Gasteiger partial charge in [0.2, 0.25) is 0 Å². The van der Waals surface area contributed by atoms with E-state index in [0.717, 1.165) is 83.5 Å². The van der Waals surface area contributed by atoms with Crippen LogP contribution >= 0.6 is 7.82 Å². The smallest absolute Gasteiger partial charge is 0.462 e. The first kappa shape index (κ1) is 65.5. The van der Waals surface area contributed by atoms with Gasteiger partial charge in [-0.3, -0.25) is 18.6 Å². The van der Waals surface area contributed by atoms with E-state index in [4.69, 9.17) is 18.5 Å². The topological polar surface area (TPSA) is 108 Å². The first-order valence-electron chi connectivity index (χ1n) is 27.7. The van der Waals surface area contributed by atoms with Crippen molar-refractivity contribution in [3.05, 3.63) is 72.9 Å². The van der Waals surface area contributed by atoms with Crippen molar-refractivity contribution in [3.8, 4) is 0 Å². The third-order valence-electron chi connectivity index (χ3n) is 11.7. The van der Waals surface area contributed by atoms with E-state index in [1.165, 1.54) is 116 Å². The number of hydrogen-bond acceptors (Lipinski definition) is 7. The van der Waals surface area contributed by atoms with E-state index in [-0.39, 0.29) is 32.0 Å². The van der Waals surface area contributed by atoms with Crippen molar-refractivity contribution in [2.45, 2.75) is 238 Å². The van der Waals surface area contributed by atoms with E-state index < -0.39 is 26.5 Å². The normalized spacial score (nSPS) is 13.9. The van der Waals surface area contributed by atoms with Gasteiger partial charge >= 0.3 is 19.8 Å². The highest BCUT2D eigenvalue weighted by atomic mass is 31.2. The Hall–Kier alpha value is -2.55. The van der Waals surface area contributed by atoms with Gasteiger partial charge in [-0.25, -0.2) is 4.57 Å². The lowest BCUT2D eigenvalue weighted by Gasteiger charge is -2.24. The number of carbonyl (C=O) groups excluding carboxylic acids is 2. The third kappa shape index (κ3) is 52.8. The summed E-state index contributed by atoms with van der Waals surface area (Å²) in [5.41, 5.74) is 0. The van der Waals surface area contributed by atoms with E-state index in [2.05, 4.69) is 86.8 Å². The Balaban J connectivity index is 4.17. The van der Waals surface area contributed by atoms with Gasteiger partial charge in [-0.1, -0.05) is 209 Å². The first-order chi connectivity index (χ1) is 33.0. The highest BCUT2D eigenvalue weighted by Crippen LogP contribution is 2.43. The molecule has 0 saturated carbocycles. The quantitative estimate of drug-likeness (QED) is 0.0211. The van der Waals surface area contributed by atoms with Gasteiger partial charge in [-0.05, 0) is 83.5 Å². The second-order valence-corrected chi connectivity index (χ2v) is 21.0. The van der Waals surface area contributed by atoms with Crippen molar-refractivity contribution >= 4 is 19.8 Å². The highest BCUT2D eigenvalue weighted by molar-refractivity contribution is 7.47. The Kier molecular flexibility index (Phi) is 47.6. The zero-order valence-electron chi connectivity index (χ0n) is 44.6. The molecule has 0 radical (unpaired) electrons. The number of ether oxygens (including phenoxy) is 2. The molecule has 0 spiro atoms. The molecule has 10 heteroatoms. The summed E-state index contributed by atoms with van der Waals surface area (Å²) in [5.74, 6) is -0.805. The number of hydrogen-bond donors (Lipinski definition) is 1. The van der Waals surface area contributed by atoms with Gasteiger partial charge in [0.05, 0.1) is 27.7 Å². The monoisotopic (exact) mass is 975 g/mol. The molecule has 394 valence electrons. The van der Waals surface area contributed by atoms with Crippen LogP contribution < -0.4 is 0 Å². The van der Waals surface area contributed by atoms with Crippen LogP contribution in [-0.2, 0) is 32.7 Å². The van der Waals surface area contributed by atoms with Crippen molar-refractivity contribution in [2.75, 3.05) is 47.5 Å². The number of carbonyl (C=O) groups is 2. The van der Waals surface area contributed by atoms with Gasteiger partial charge in [-0.2, -0.15) is 0 Å². The van der Waals surface area contributed by atoms with Gasteiger partial charge in [-0.15, -0.1) is 0 Å². The van der Waals surface area contributed by atoms with Gasteiger partial charge in [0.1, 0.15) is 19.8 Å². The molecule has 1 N–H and O–H groups in total. The summed E-state index contributed by atoms with van der Waals surface area (Å²) in [6, 6.07) is 0. The number of rotatable bonds is 50. The van der Waals surface area contributed by atoms with Crippen molar-refractivity contribution in [2.24, 2.45) is 0 Å². The minimum absolute atomic E-state index is 0.0282. The molecular formula is C58H105NO8P+. The molecule has 0 amide bonds. The number of nitrogens with zero attached hydrogens (tertiary/aromatic N) is 1. The number of unbranched alkanes of at least 4 members (excludes halogenated alkanes) is 24. The van der Waals surface area contributed by atoms with Crippen LogP contribution in [0.1, 0.15) is 232 Å². The van der Waals surface area contributed by atoms with Crippen LogP contribution in [0.2, 0.25) is 0 Å². The first-order valence-corrected chi connectivity index (χ1v) is 29.2. The number of likely N-dealkylation sites (N-methyl/N-ethyl adjacent to an activating group) is 1. The Morgan fingerprint density at radius 1 is 0.471 bits per heavy atom. The molecule has 0 aromatic rings. The molecule has 0 heterocycles. The highest BCUT2D eigenvalue weighted by Gasteiger charge is 2.27. The Labute approximate surface area is 418 Å². The molecule has 0 aliphatic carbocycles. The number of allylic oxidation sites excluding steroid dienone is 12. The largest absolute Gasteiger partial charge is 0.472 e. The number of quaternary nitrogens is 1. The lowest BCUT2D eigenvalue weighted by molar-refractivity contribution is -0.870. The molecule has 68 heavy (non-hydrogen) atoms. The maximum Gasteiger partial charge on any atom is 0.472 e. The van der Waals surface area contributed by atoms with Gasteiger partial charge in [0.25, 0.3) is 0 Å². The molecule has 0 aromatic carbocycles. The lowest BCUT2D eigenvalue weighted by atomic mass is 10.0. The molecule has 0 bridgehead atoms. The van der Waals surface area contributed by atoms with Crippen molar-refractivity contribution in [3.63, 3.8) is 0 Å². The molecule has 0 fully saturated rings. The Morgan fingerprint density at radius 2 is 0.838 bits per heavy atom. The molecule has 2 unspecified atom stereocenters. The fraction of sp³-hybridized carbons (Fsp3) is 0.759. The van der Waals surface area contributed by atoms with Crippen LogP contribution in [0.15, 0.2) is 72.9 Å². The third-order valence-corrected chi connectivity index (χ3v) is 12.7. The number of esters is 2. The second-order valence-electron chi connectivity index (χ2n) is 19.6. The minimum atomic E-state index is -4.39. The van der Waals surface area contributed by atoms with E-state index in [1.807, 2.05) is 21.1 Å². The molecule has 0 aliphatic heterocycles. The van der Waals surface area contributed by atoms with Gasteiger partial charge in [0, 0.05) is 12.8 Å².